The van der Waals surface area contributed by atoms with Crippen LogP contribution in [0.4, 0.5) is 0 Å². The second kappa shape index (κ2) is 5.54. The Morgan fingerprint density at radius 2 is 2.36 bits per heavy atom. The summed E-state index contributed by atoms with van der Waals surface area (Å²) in [5.41, 5.74) is 0. The van der Waals surface area contributed by atoms with Crippen molar-refractivity contribution in [1.29, 1.82) is 0 Å². The molecule has 78 valence electrons. The van der Waals surface area contributed by atoms with Gasteiger partial charge in [0, 0.05) is 18.9 Å². The first-order valence-electron chi connectivity index (χ1n) is 5.04. The number of nitrogens with one attached hydrogen (secondary N) is 1. The maximum absolute atomic E-state index is 11.6. The van der Waals surface area contributed by atoms with E-state index in [0.29, 0.717) is 12.4 Å². The van der Waals surface area contributed by atoms with Crippen LogP contribution in [0.1, 0.15) is 30.9 Å². The fourth-order valence-corrected chi connectivity index (χ4v) is 1.27. The van der Waals surface area contributed by atoms with E-state index in [1.165, 1.54) is 0 Å². The number of hydrogen-bond donors (Lipinski definition) is 1. The minimum atomic E-state index is 0.0605. The zero-order valence-electron chi connectivity index (χ0n) is 8.79. The van der Waals surface area contributed by atoms with Crippen molar-refractivity contribution in [3.8, 4) is 0 Å². The molecule has 0 unspecified atom stereocenters. The van der Waals surface area contributed by atoms with Crippen LogP contribution >= 0.6 is 0 Å². The number of hydrogen-bond acceptors (Lipinski definition) is 3. The van der Waals surface area contributed by atoms with Gasteiger partial charge in [0.05, 0.1) is 6.54 Å². The van der Waals surface area contributed by atoms with Crippen LogP contribution in [0, 0.1) is 0 Å². The van der Waals surface area contributed by atoms with Crippen molar-refractivity contribution in [2.75, 3.05) is 13.1 Å². The number of aryl methyl sites for hydroxylation is 1. The van der Waals surface area contributed by atoms with Crippen molar-refractivity contribution < 1.29 is 4.79 Å². The molecule has 1 heterocycles. The van der Waals surface area contributed by atoms with E-state index >= 15 is 0 Å². The molecule has 0 fully saturated rings. The minimum absolute atomic E-state index is 0.0605. The number of ketones is 1. The summed E-state index contributed by atoms with van der Waals surface area (Å²) in [4.78, 5) is 15.7. The molecule has 0 saturated carbocycles. The lowest BCUT2D eigenvalue weighted by atomic mass is 10.3. The average Bonchev–Trinajstić information content (AvgIpc) is 2.65. The van der Waals surface area contributed by atoms with Crippen molar-refractivity contribution >= 4 is 5.78 Å². The molecule has 0 spiro atoms. The maximum atomic E-state index is 11.6. The number of imidazole rings is 1. The number of Topliss-reactive ketones (excluding diaryl/α,β-unsaturated/α-hetero) is 1. The number of carbonyl (C=O) groups is 1. The van der Waals surface area contributed by atoms with Gasteiger partial charge in [-0.05, 0) is 19.9 Å². The molecule has 0 aromatic carbocycles. The Kier molecular flexibility index (Phi) is 4.32. The topological polar surface area (TPSA) is 46.9 Å². The predicted molar refractivity (Wildman–Crippen MR) is 55.4 cm³/mol. The zero-order chi connectivity index (χ0) is 10.4. The Balaban J connectivity index is 2.51. The number of aromatic nitrogens is 2. The van der Waals surface area contributed by atoms with E-state index < -0.39 is 0 Å². The lowest BCUT2D eigenvalue weighted by Crippen LogP contribution is -2.25. The molecule has 4 nitrogen and oxygen atoms in total. The normalized spacial score (nSPS) is 10.4. The third-order valence-corrected chi connectivity index (χ3v) is 2.02. The molecule has 4 heteroatoms. The molecular weight excluding hydrogens is 178 g/mol. The zero-order valence-corrected chi connectivity index (χ0v) is 8.79. The van der Waals surface area contributed by atoms with Crippen LogP contribution in [0.25, 0.3) is 0 Å². The molecule has 0 amide bonds. The molecule has 1 aromatic heterocycles. The van der Waals surface area contributed by atoms with E-state index in [4.69, 9.17) is 0 Å². The molecule has 0 aliphatic carbocycles. The Labute approximate surface area is 84.3 Å². The predicted octanol–water partition coefficient (Wildman–Crippen LogP) is 1.09. The van der Waals surface area contributed by atoms with Crippen LogP contribution in [0.3, 0.4) is 0 Å². The van der Waals surface area contributed by atoms with Gasteiger partial charge in [0.15, 0.2) is 5.82 Å². The number of carbonyl (C=O) groups excluding carboxylic acids is 1. The third kappa shape index (κ3) is 2.67. The first-order valence-corrected chi connectivity index (χ1v) is 5.04. The van der Waals surface area contributed by atoms with E-state index in [9.17, 15) is 4.79 Å². The van der Waals surface area contributed by atoms with Gasteiger partial charge in [-0.25, -0.2) is 4.98 Å². The summed E-state index contributed by atoms with van der Waals surface area (Å²) in [6.45, 7) is 6.11. The van der Waals surface area contributed by atoms with E-state index in [1.807, 2.05) is 17.7 Å². The Morgan fingerprint density at radius 1 is 1.57 bits per heavy atom. The summed E-state index contributed by atoms with van der Waals surface area (Å²) in [6, 6.07) is 0. The second-order valence-corrected chi connectivity index (χ2v) is 3.14. The van der Waals surface area contributed by atoms with Crippen molar-refractivity contribution in [2.45, 2.75) is 26.8 Å². The maximum Gasteiger partial charge on any atom is 0.211 e. The number of rotatable bonds is 6. The van der Waals surface area contributed by atoms with Crippen LogP contribution in [0.15, 0.2) is 12.4 Å². The summed E-state index contributed by atoms with van der Waals surface area (Å²) in [5.74, 6) is 0.612. The van der Waals surface area contributed by atoms with E-state index in [2.05, 4.69) is 17.2 Å². The van der Waals surface area contributed by atoms with Gasteiger partial charge in [0.1, 0.15) is 0 Å². The molecule has 1 aromatic rings. The molecular formula is C10H17N3O. The van der Waals surface area contributed by atoms with Gasteiger partial charge < -0.3 is 9.88 Å². The molecule has 0 saturated heterocycles. The lowest BCUT2D eigenvalue weighted by Gasteiger charge is -2.04. The average molecular weight is 195 g/mol. The monoisotopic (exact) mass is 195 g/mol. The first kappa shape index (κ1) is 10.9. The smallest absolute Gasteiger partial charge is 0.211 e. The highest BCUT2D eigenvalue weighted by Crippen LogP contribution is 1.97. The van der Waals surface area contributed by atoms with Gasteiger partial charge in [-0.3, -0.25) is 4.79 Å². The fourth-order valence-electron chi connectivity index (χ4n) is 1.27. The van der Waals surface area contributed by atoms with Gasteiger partial charge in [0.25, 0.3) is 0 Å². The van der Waals surface area contributed by atoms with Crippen molar-refractivity contribution in [1.82, 2.24) is 14.9 Å². The minimum Gasteiger partial charge on any atom is -0.329 e. The van der Waals surface area contributed by atoms with Crippen LogP contribution in [-0.4, -0.2) is 28.4 Å². The van der Waals surface area contributed by atoms with Crippen LogP contribution < -0.4 is 5.32 Å². The molecule has 0 aliphatic rings. The molecule has 0 bridgehead atoms. The fraction of sp³-hybridized carbons (Fsp3) is 0.600. The summed E-state index contributed by atoms with van der Waals surface area (Å²) in [7, 11) is 0. The van der Waals surface area contributed by atoms with Crippen molar-refractivity contribution in [3.63, 3.8) is 0 Å². The van der Waals surface area contributed by atoms with Crippen LogP contribution in [-0.2, 0) is 6.54 Å². The van der Waals surface area contributed by atoms with Gasteiger partial charge in [-0.1, -0.05) is 6.92 Å². The summed E-state index contributed by atoms with van der Waals surface area (Å²) < 4.78 is 1.86. The highest BCUT2D eigenvalue weighted by Gasteiger charge is 2.10. The lowest BCUT2D eigenvalue weighted by molar-refractivity contribution is 0.0977. The van der Waals surface area contributed by atoms with Gasteiger partial charge >= 0.3 is 0 Å². The van der Waals surface area contributed by atoms with E-state index in [-0.39, 0.29) is 5.78 Å². The highest BCUT2D eigenvalue weighted by atomic mass is 16.1. The van der Waals surface area contributed by atoms with E-state index in [0.717, 1.165) is 19.5 Å². The largest absolute Gasteiger partial charge is 0.329 e. The first-order chi connectivity index (χ1) is 6.79. The molecule has 1 rings (SSSR count). The van der Waals surface area contributed by atoms with E-state index in [1.54, 1.807) is 6.20 Å². The number of nitrogens with zero attached hydrogens (tertiary/aromatic N) is 2. The van der Waals surface area contributed by atoms with Crippen LogP contribution in [0.5, 0.6) is 0 Å². The Morgan fingerprint density at radius 3 is 3.00 bits per heavy atom. The van der Waals surface area contributed by atoms with Crippen molar-refractivity contribution in [2.24, 2.45) is 0 Å². The Bertz CT molecular complexity index is 293. The summed E-state index contributed by atoms with van der Waals surface area (Å²) in [5, 5.41) is 3.07. The summed E-state index contributed by atoms with van der Waals surface area (Å²) >= 11 is 0. The van der Waals surface area contributed by atoms with Gasteiger partial charge in [0.2, 0.25) is 5.78 Å². The quantitative estimate of drug-likeness (QED) is 0.546. The van der Waals surface area contributed by atoms with Crippen LogP contribution in [0.2, 0.25) is 0 Å². The second-order valence-electron chi connectivity index (χ2n) is 3.14. The molecule has 14 heavy (non-hydrogen) atoms. The summed E-state index contributed by atoms with van der Waals surface area (Å²) in [6.07, 6.45) is 4.53. The molecule has 0 atom stereocenters. The SMILES string of the molecule is CCCNCC(=O)c1nccn1CC. The standard InChI is InChI=1S/C10H17N3O/c1-3-5-11-8-9(14)10-12-6-7-13(10)4-2/h6-7,11H,3-5,8H2,1-2H3. The van der Waals surface area contributed by atoms with Gasteiger partial charge in [-0.15, -0.1) is 0 Å². The molecule has 0 aliphatic heterocycles. The van der Waals surface area contributed by atoms with Gasteiger partial charge in [-0.2, -0.15) is 0 Å². The highest BCUT2D eigenvalue weighted by molar-refractivity contribution is 5.94. The molecule has 1 N–H and O–H groups in total. The third-order valence-electron chi connectivity index (χ3n) is 2.02. The molecule has 0 radical (unpaired) electrons. The Hall–Kier alpha value is -1.16. The van der Waals surface area contributed by atoms with Crippen molar-refractivity contribution in [3.05, 3.63) is 18.2 Å².